The first kappa shape index (κ1) is 19.8. The molecule has 0 saturated carbocycles. The van der Waals surface area contributed by atoms with Crippen LogP contribution in [0.25, 0.3) is 0 Å². The summed E-state index contributed by atoms with van der Waals surface area (Å²) in [5, 5.41) is 4.64. The highest BCUT2D eigenvalue weighted by molar-refractivity contribution is 9.10. The van der Waals surface area contributed by atoms with Crippen LogP contribution in [0.4, 0.5) is 11.5 Å². The van der Waals surface area contributed by atoms with Crippen LogP contribution in [0.3, 0.4) is 0 Å². The van der Waals surface area contributed by atoms with E-state index in [1.165, 1.54) is 12.3 Å². The molecule has 0 spiro atoms. The second-order valence-corrected chi connectivity index (χ2v) is 10.1. The van der Waals surface area contributed by atoms with Gasteiger partial charge in [0.2, 0.25) is 15.7 Å². The van der Waals surface area contributed by atoms with Crippen molar-refractivity contribution < 1.29 is 13.2 Å². The van der Waals surface area contributed by atoms with Gasteiger partial charge in [0, 0.05) is 10.2 Å². The summed E-state index contributed by atoms with van der Waals surface area (Å²) in [7, 11) is -3.74. The Morgan fingerprint density at radius 1 is 1.30 bits per heavy atom. The molecule has 0 fully saturated rings. The average molecular weight is 485 g/mol. The van der Waals surface area contributed by atoms with Gasteiger partial charge in [-0.2, -0.15) is 0 Å². The lowest BCUT2D eigenvalue weighted by Gasteiger charge is -2.07. The summed E-state index contributed by atoms with van der Waals surface area (Å²) in [5.74, 6) is -0.327. The van der Waals surface area contributed by atoms with Crippen molar-refractivity contribution >= 4 is 66.3 Å². The van der Waals surface area contributed by atoms with Gasteiger partial charge in [0.1, 0.15) is 14.9 Å². The molecule has 0 saturated heterocycles. The Bertz CT molecular complexity index is 1070. The van der Waals surface area contributed by atoms with Crippen molar-refractivity contribution in [3.05, 3.63) is 52.4 Å². The van der Waals surface area contributed by atoms with Crippen molar-refractivity contribution in [2.24, 2.45) is 0 Å². The molecule has 0 bridgehead atoms. The summed E-state index contributed by atoms with van der Waals surface area (Å²) < 4.78 is 26.0. The zero-order chi connectivity index (χ0) is 19.4. The van der Waals surface area contributed by atoms with E-state index in [0.29, 0.717) is 5.69 Å². The van der Waals surface area contributed by atoms with E-state index >= 15 is 0 Å². The molecule has 27 heavy (non-hydrogen) atoms. The Kier molecular flexibility index (Phi) is 6.15. The first-order chi connectivity index (χ1) is 12.9. The van der Waals surface area contributed by atoms with Crippen molar-refractivity contribution in [3.63, 3.8) is 0 Å². The molecular weight excluding hydrogens is 472 g/mol. The number of nitrogens with two attached hydrogens (primary N) is 1. The minimum atomic E-state index is -3.74. The summed E-state index contributed by atoms with van der Waals surface area (Å²) >= 11 is 5.49. The van der Waals surface area contributed by atoms with Gasteiger partial charge >= 0.3 is 0 Å². The fraction of sp³-hybridized carbons (Fsp3) is 0.0625. The summed E-state index contributed by atoms with van der Waals surface area (Å²) in [5.41, 5.74) is 6.48. The van der Waals surface area contributed by atoms with Gasteiger partial charge in [-0.15, -0.1) is 11.3 Å². The summed E-state index contributed by atoms with van der Waals surface area (Å²) in [6.07, 6.45) is 1.17. The number of carbonyl (C=O) groups excluding carboxylic acids is 1. The van der Waals surface area contributed by atoms with E-state index in [1.807, 2.05) is 12.1 Å². The minimum absolute atomic E-state index is 0.0585. The molecule has 0 unspecified atom stereocenters. The molecule has 3 rings (SSSR count). The zero-order valence-electron chi connectivity index (χ0n) is 13.6. The maximum atomic E-state index is 12.5. The second kappa shape index (κ2) is 8.38. The van der Waals surface area contributed by atoms with Crippen LogP contribution in [0.5, 0.6) is 0 Å². The number of aromatic nitrogens is 2. The lowest BCUT2D eigenvalue weighted by atomic mass is 10.3. The Balaban J connectivity index is 1.67. The van der Waals surface area contributed by atoms with Crippen LogP contribution in [0.1, 0.15) is 0 Å². The number of thioether (sulfide) groups is 1. The first-order valence-electron chi connectivity index (χ1n) is 7.45. The number of amides is 1. The van der Waals surface area contributed by atoms with E-state index in [0.717, 1.165) is 27.6 Å². The molecule has 2 aromatic heterocycles. The quantitative estimate of drug-likeness (QED) is 0.406. The van der Waals surface area contributed by atoms with Crippen molar-refractivity contribution in [1.82, 2.24) is 9.97 Å². The third kappa shape index (κ3) is 4.86. The predicted molar refractivity (Wildman–Crippen MR) is 110 cm³/mol. The number of nitrogens with zero attached hydrogens (tertiary/aromatic N) is 2. The topological polar surface area (TPSA) is 115 Å². The molecule has 0 aliphatic carbocycles. The van der Waals surface area contributed by atoms with Crippen LogP contribution < -0.4 is 11.1 Å². The van der Waals surface area contributed by atoms with E-state index < -0.39 is 9.84 Å². The van der Waals surface area contributed by atoms with Gasteiger partial charge in [-0.3, -0.25) is 4.79 Å². The summed E-state index contributed by atoms with van der Waals surface area (Å²) in [4.78, 5) is 19.9. The molecule has 0 radical (unpaired) electrons. The maximum absolute atomic E-state index is 12.5. The number of anilines is 2. The molecule has 0 aliphatic heterocycles. The molecule has 11 heteroatoms. The van der Waals surface area contributed by atoms with E-state index in [4.69, 9.17) is 5.73 Å². The third-order valence-electron chi connectivity index (χ3n) is 3.25. The van der Waals surface area contributed by atoms with E-state index in [-0.39, 0.29) is 31.7 Å². The molecule has 3 aromatic rings. The number of hydrogen-bond acceptors (Lipinski definition) is 8. The van der Waals surface area contributed by atoms with Crippen molar-refractivity contribution in [2.75, 3.05) is 16.8 Å². The smallest absolute Gasteiger partial charge is 0.234 e. The molecule has 1 amide bonds. The average Bonchev–Trinajstić information content (AvgIpc) is 3.15. The maximum Gasteiger partial charge on any atom is 0.234 e. The van der Waals surface area contributed by atoms with Crippen LogP contribution in [-0.2, 0) is 14.6 Å². The fourth-order valence-electron chi connectivity index (χ4n) is 2.06. The van der Waals surface area contributed by atoms with Crippen LogP contribution in [0, 0.1) is 0 Å². The largest absolute Gasteiger partial charge is 0.382 e. The highest BCUT2D eigenvalue weighted by Crippen LogP contribution is 2.28. The lowest BCUT2D eigenvalue weighted by Crippen LogP contribution is -2.14. The molecule has 140 valence electrons. The number of halogens is 1. The Labute approximate surface area is 172 Å². The van der Waals surface area contributed by atoms with E-state index in [1.54, 1.807) is 23.6 Å². The van der Waals surface area contributed by atoms with Crippen LogP contribution in [0.2, 0.25) is 0 Å². The number of hydrogen-bond donors (Lipinski definition) is 2. The normalized spacial score (nSPS) is 11.3. The first-order valence-corrected chi connectivity index (χ1v) is 11.6. The number of benzene rings is 1. The van der Waals surface area contributed by atoms with E-state index in [2.05, 4.69) is 31.2 Å². The SMILES string of the molecule is Nc1nc(SCC(=O)Nc2cccc(Br)c2)ncc1S(=O)(=O)c1cccs1. The number of nitrogens with one attached hydrogen (secondary N) is 1. The van der Waals surface area contributed by atoms with Gasteiger partial charge in [0.25, 0.3) is 0 Å². The van der Waals surface area contributed by atoms with Gasteiger partial charge in [0.05, 0.1) is 11.9 Å². The Morgan fingerprint density at radius 2 is 2.11 bits per heavy atom. The molecule has 1 aromatic carbocycles. The monoisotopic (exact) mass is 484 g/mol. The Hall–Kier alpha value is -1.95. The molecule has 0 atom stereocenters. The second-order valence-electron chi connectivity index (χ2n) is 5.18. The van der Waals surface area contributed by atoms with Gasteiger partial charge in [-0.05, 0) is 29.6 Å². The number of rotatable bonds is 6. The standard InChI is InChI=1S/C16H13BrN4O3S3/c17-10-3-1-4-11(7-10)20-13(22)9-26-16-19-8-12(15(18)21-16)27(23,24)14-5-2-6-25-14/h1-8H,9H2,(H,20,22)(H2,18,19,21). The Morgan fingerprint density at radius 3 is 2.78 bits per heavy atom. The van der Waals surface area contributed by atoms with Gasteiger partial charge in [0.15, 0.2) is 5.16 Å². The molecule has 7 nitrogen and oxygen atoms in total. The highest BCUT2D eigenvalue weighted by atomic mass is 79.9. The van der Waals surface area contributed by atoms with Crippen LogP contribution in [-0.4, -0.2) is 30.0 Å². The predicted octanol–water partition coefficient (Wildman–Crippen LogP) is 3.45. The van der Waals surface area contributed by atoms with Crippen LogP contribution in [0.15, 0.2) is 66.7 Å². The van der Waals surface area contributed by atoms with E-state index in [9.17, 15) is 13.2 Å². The molecule has 0 aliphatic rings. The highest BCUT2D eigenvalue weighted by Gasteiger charge is 2.23. The molecular formula is C16H13BrN4O3S3. The van der Waals surface area contributed by atoms with Crippen molar-refractivity contribution in [3.8, 4) is 0 Å². The number of nitrogen functional groups attached to an aromatic ring is 1. The zero-order valence-corrected chi connectivity index (χ0v) is 17.7. The van der Waals surface area contributed by atoms with Gasteiger partial charge in [-0.25, -0.2) is 18.4 Å². The molecule has 3 N–H and O–H groups in total. The lowest BCUT2D eigenvalue weighted by molar-refractivity contribution is -0.113. The summed E-state index contributed by atoms with van der Waals surface area (Å²) in [6.45, 7) is 0. The minimum Gasteiger partial charge on any atom is -0.382 e. The van der Waals surface area contributed by atoms with Gasteiger partial charge in [-0.1, -0.05) is 39.8 Å². The number of thiophene rings is 1. The number of sulfone groups is 1. The van der Waals surface area contributed by atoms with Crippen molar-refractivity contribution in [2.45, 2.75) is 14.3 Å². The summed E-state index contributed by atoms with van der Waals surface area (Å²) in [6, 6.07) is 10.3. The van der Waals surface area contributed by atoms with Crippen molar-refractivity contribution in [1.29, 1.82) is 0 Å². The fourth-order valence-corrected chi connectivity index (χ4v) is 5.46. The number of carbonyl (C=O) groups is 1. The third-order valence-corrected chi connectivity index (χ3v) is 7.77. The van der Waals surface area contributed by atoms with Gasteiger partial charge < -0.3 is 11.1 Å². The van der Waals surface area contributed by atoms with Crippen LogP contribution >= 0.6 is 39.0 Å². The molecule has 2 heterocycles.